The van der Waals surface area contributed by atoms with Gasteiger partial charge in [-0.2, -0.15) is 0 Å². The second kappa shape index (κ2) is 9.67. The number of Topliss-reactive ketones (excluding diaryl/α,β-unsaturated/α-hetero) is 1. The highest BCUT2D eigenvalue weighted by atomic mass is 16.5. The molecule has 2 saturated carbocycles. The van der Waals surface area contributed by atoms with Crippen molar-refractivity contribution in [1.29, 1.82) is 0 Å². The highest BCUT2D eigenvalue weighted by Crippen LogP contribution is 2.68. The molecule has 2 fully saturated rings. The molecule has 0 saturated heterocycles. The maximum absolute atomic E-state index is 14.6. The number of carbonyl (C=O) groups is 2. The van der Waals surface area contributed by atoms with Gasteiger partial charge in [-0.15, -0.1) is 0 Å². The number of methoxy groups -OCH3 is 1. The number of carbonyl (C=O) groups excluding carboxylic acids is 2. The molecule has 4 nitrogen and oxygen atoms in total. The van der Waals surface area contributed by atoms with Crippen LogP contribution in [-0.2, 0) is 14.3 Å². The molecule has 1 aliphatic heterocycles. The van der Waals surface area contributed by atoms with Crippen LogP contribution in [0.1, 0.15) is 86.1 Å². The number of esters is 1. The highest BCUT2D eigenvalue weighted by Gasteiger charge is 2.59. The summed E-state index contributed by atoms with van der Waals surface area (Å²) in [5.41, 5.74) is 9.90. The summed E-state index contributed by atoms with van der Waals surface area (Å²) in [5.74, 6) is -0.611. The number of aryl methyl sites for hydroxylation is 3. The smallest absolute Gasteiger partial charge is 0.315 e. The predicted molar refractivity (Wildman–Crippen MR) is 173 cm³/mol. The van der Waals surface area contributed by atoms with E-state index in [1.54, 1.807) is 0 Å². The average Bonchev–Trinajstić information content (AvgIpc) is 3.29. The first-order valence-corrected chi connectivity index (χ1v) is 15.9. The van der Waals surface area contributed by atoms with E-state index >= 15 is 0 Å². The van der Waals surface area contributed by atoms with Gasteiger partial charge < -0.3 is 10.1 Å². The molecule has 7 rings (SSSR count). The molecule has 2 unspecified atom stereocenters. The van der Waals surface area contributed by atoms with Crippen molar-refractivity contribution < 1.29 is 14.3 Å². The van der Waals surface area contributed by atoms with Crippen molar-refractivity contribution in [3.63, 3.8) is 0 Å². The predicted octanol–water partition coefficient (Wildman–Crippen LogP) is 8.85. The molecule has 2 bridgehead atoms. The van der Waals surface area contributed by atoms with E-state index in [0.717, 1.165) is 56.4 Å². The number of hydrogen-bond donors (Lipinski definition) is 1. The lowest BCUT2D eigenvalue weighted by Crippen LogP contribution is -2.40. The van der Waals surface area contributed by atoms with E-state index in [2.05, 4.69) is 101 Å². The van der Waals surface area contributed by atoms with Crippen LogP contribution >= 0.6 is 0 Å². The first kappa shape index (κ1) is 28.1. The molecule has 1 heterocycles. The van der Waals surface area contributed by atoms with Gasteiger partial charge in [0.2, 0.25) is 0 Å². The molecule has 1 N–H and O–H groups in total. The summed E-state index contributed by atoms with van der Waals surface area (Å²) in [5, 5.41) is 5.99. The summed E-state index contributed by atoms with van der Waals surface area (Å²) < 4.78 is 5.50. The molecule has 43 heavy (non-hydrogen) atoms. The SMILES string of the molecule is COC(=O)[C@@H]1C2=C(C(=O)C[C@H]1c1c(C)cc(C)cc1C)[C@H](C=C1CC3CCC1(C)C3(C)C)c1c(ccc3ccccc13)N2. The normalized spacial score (nSPS) is 29.9. The fourth-order valence-corrected chi connectivity index (χ4v) is 9.55. The summed E-state index contributed by atoms with van der Waals surface area (Å²) in [6.07, 6.45) is 6.26. The molecule has 4 heteroatoms. The van der Waals surface area contributed by atoms with Crippen molar-refractivity contribution in [3.8, 4) is 0 Å². The zero-order valence-electron chi connectivity index (χ0n) is 26.6. The third-order valence-corrected chi connectivity index (χ3v) is 12.1. The second-order valence-electron chi connectivity index (χ2n) is 14.4. The molecule has 0 aromatic heterocycles. The lowest BCUT2D eigenvalue weighted by molar-refractivity contribution is -0.145. The van der Waals surface area contributed by atoms with Crippen molar-refractivity contribution in [2.24, 2.45) is 22.7 Å². The zero-order chi connectivity index (χ0) is 30.4. The molecule has 222 valence electrons. The lowest BCUT2D eigenvalue weighted by atomic mass is 9.65. The number of nitrogens with one attached hydrogen (secondary N) is 1. The first-order chi connectivity index (χ1) is 20.5. The Balaban J connectivity index is 1.48. The molecule has 0 radical (unpaired) electrons. The van der Waals surface area contributed by atoms with Crippen LogP contribution in [0.4, 0.5) is 5.69 Å². The third-order valence-electron chi connectivity index (χ3n) is 12.1. The lowest BCUT2D eigenvalue weighted by Gasteiger charge is -2.41. The van der Waals surface area contributed by atoms with Gasteiger partial charge in [-0.3, -0.25) is 9.59 Å². The van der Waals surface area contributed by atoms with E-state index in [4.69, 9.17) is 4.74 Å². The Labute approximate surface area is 255 Å². The molecular weight excluding hydrogens is 530 g/mol. The monoisotopic (exact) mass is 573 g/mol. The molecule has 4 aliphatic rings. The van der Waals surface area contributed by atoms with Gasteiger partial charge in [0.05, 0.1) is 7.11 Å². The fourth-order valence-electron chi connectivity index (χ4n) is 9.55. The minimum absolute atomic E-state index is 0.103. The van der Waals surface area contributed by atoms with Crippen molar-refractivity contribution in [2.75, 3.05) is 12.4 Å². The minimum atomic E-state index is -0.592. The average molecular weight is 574 g/mol. The number of anilines is 1. The Hall–Kier alpha value is -3.66. The zero-order valence-corrected chi connectivity index (χ0v) is 26.6. The van der Waals surface area contributed by atoms with Gasteiger partial charge in [-0.1, -0.05) is 80.4 Å². The topological polar surface area (TPSA) is 55.4 Å². The maximum Gasteiger partial charge on any atom is 0.315 e. The van der Waals surface area contributed by atoms with E-state index in [9.17, 15) is 9.59 Å². The number of ether oxygens (including phenoxy) is 1. The van der Waals surface area contributed by atoms with Gasteiger partial charge >= 0.3 is 5.97 Å². The summed E-state index contributed by atoms with van der Waals surface area (Å²) in [6, 6.07) is 17.1. The quantitative estimate of drug-likeness (QED) is 0.251. The standard InChI is InChI=1S/C39H43NO3/c1-21-16-22(2)32(23(3)17-21)29-20-31(41)34-28(19-26-18-25-14-15-39(26,6)38(25,4)5)33-27-11-9-8-10-24(27)12-13-30(33)40-36(34)35(29)37(42)43-7/h8-13,16-17,19,25,28-29,35,40H,14-15,18,20H2,1-7H3/t25?,28-,29+,35+,39?/m1/s1. The van der Waals surface area contributed by atoms with Crippen LogP contribution in [0.25, 0.3) is 10.8 Å². The minimum Gasteiger partial charge on any atom is -0.468 e. The Morgan fingerprint density at radius 1 is 0.977 bits per heavy atom. The van der Waals surface area contributed by atoms with Crippen molar-refractivity contribution in [2.45, 2.75) is 79.1 Å². The van der Waals surface area contributed by atoms with E-state index in [-0.39, 0.29) is 40.8 Å². The summed E-state index contributed by atoms with van der Waals surface area (Å²) >= 11 is 0. The van der Waals surface area contributed by atoms with Gasteiger partial charge in [0.1, 0.15) is 5.92 Å². The Morgan fingerprint density at radius 3 is 2.35 bits per heavy atom. The van der Waals surface area contributed by atoms with E-state index in [1.807, 2.05) is 0 Å². The number of allylic oxidation sites excluding steroid dienone is 3. The van der Waals surface area contributed by atoms with Crippen LogP contribution in [-0.4, -0.2) is 18.9 Å². The van der Waals surface area contributed by atoms with Crippen LogP contribution in [0.3, 0.4) is 0 Å². The number of fused-ring (bicyclic) bond motifs is 5. The van der Waals surface area contributed by atoms with E-state index in [1.165, 1.54) is 31.1 Å². The van der Waals surface area contributed by atoms with E-state index < -0.39 is 5.92 Å². The Morgan fingerprint density at radius 2 is 1.70 bits per heavy atom. The van der Waals surface area contributed by atoms with Gasteiger partial charge in [-0.25, -0.2) is 0 Å². The fraction of sp³-hybridized carbons (Fsp3) is 0.436. The third kappa shape index (κ3) is 3.94. The van der Waals surface area contributed by atoms with Gasteiger partial charge in [-0.05, 0) is 95.9 Å². The van der Waals surface area contributed by atoms with Crippen molar-refractivity contribution in [1.82, 2.24) is 0 Å². The maximum atomic E-state index is 14.6. The van der Waals surface area contributed by atoms with Gasteiger partial charge in [0.25, 0.3) is 0 Å². The molecular formula is C39H43NO3. The van der Waals surface area contributed by atoms with Crippen LogP contribution in [0, 0.1) is 43.4 Å². The second-order valence-corrected chi connectivity index (χ2v) is 14.4. The molecule has 5 atom stereocenters. The number of benzene rings is 3. The van der Waals surface area contributed by atoms with Gasteiger partial charge in [0.15, 0.2) is 5.78 Å². The first-order valence-electron chi connectivity index (χ1n) is 15.9. The Bertz CT molecular complexity index is 1750. The van der Waals surface area contributed by atoms with Crippen molar-refractivity contribution in [3.05, 3.63) is 99.3 Å². The van der Waals surface area contributed by atoms with E-state index in [0.29, 0.717) is 5.92 Å². The Kier molecular flexibility index (Phi) is 6.33. The van der Waals surface area contributed by atoms with Crippen LogP contribution < -0.4 is 5.32 Å². The molecule has 0 amide bonds. The van der Waals surface area contributed by atoms with Crippen LogP contribution in [0.15, 0.2) is 71.5 Å². The molecule has 3 aliphatic carbocycles. The van der Waals surface area contributed by atoms with Crippen LogP contribution in [0.5, 0.6) is 0 Å². The molecule has 3 aromatic carbocycles. The number of ketones is 1. The summed E-state index contributed by atoms with van der Waals surface area (Å²) in [4.78, 5) is 28.4. The summed E-state index contributed by atoms with van der Waals surface area (Å²) in [7, 11) is 1.47. The molecule has 3 aromatic rings. The van der Waals surface area contributed by atoms with Gasteiger partial charge in [0, 0.05) is 35.2 Å². The number of rotatable bonds is 3. The van der Waals surface area contributed by atoms with Crippen LogP contribution in [0.2, 0.25) is 0 Å². The number of hydrogen-bond acceptors (Lipinski definition) is 4. The summed E-state index contributed by atoms with van der Waals surface area (Å²) in [6.45, 7) is 13.6. The largest absolute Gasteiger partial charge is 0.468 e. The highest BCUT2D eigenvalue weighted by molar-refractivity contribution is 6.06. The molecule has 0 spiro atoms. The van der Waals surface area contributed by atoms with Crippen molar-refractivity contribution >= 4 is 28.2 Å².